The summed E-state index contributed by atoms with van der Waals surface area (Å²) in [5.41, 5.74) is 6.11. The summed E-state index contributed by atoms with van der Waals surface area (Å²) < 4.78 is 0. The van der Waals surface area contributed by atoms with Crippen molar-refractivity contribution in [2.45, 2.75) is 47.1 Å². The third kappa shape index (κ3) is 7.31. The molecule has 0 aliphatic carbocycles. The van der Waals surface area contributed by atoms with Gasteiger partial charge in [-0.2, -0.15) is 0 Å². The first-order valence-electron chi connectivity index (χ1n) is 8.63. The van der Waals surface area contributed by atoms with E-state index in [1.807, 2.05) is 18.7 Å². The highest BCUT2D eigenvalue weighted by Crippen LogP contribution is 2.19. The van der Waals surface area contributed by atoms with Gasteiger partial charge in [0.1, 0.15) is 0 Å². The Morgan fingerprint density at radius 1 is 1.13 bits per heavy atom. The number of rotatable bonds is 6. The minimum Gasteiger partial charge on any atom is -0.346 e. The third-order valence-electron chi connectivity index (χ3n) is 4.34. The highest BCUT2D eigenvalue weighted by Gasteiger charge is 2.23. The highest BCUT2D eigenvalue weighted by atomic mass is 16.2. The average molecular weight is 326 g/mol. The molecule has 2 amide bonds. The molecule has 6 nitrogen and oxygen atoms in total. The smallest absolute Gasteiger partial charge is 0.242 e. The number of nitrogens with two attached hydrogens (primary N) is 1. The fourth-order valence-electron chi connectivity index (χ4n) is 2.41. The van der Waals surface area contributed by atoms with Crippen LogP contribution in [0, 0.1) is 11.3 Å². The van der Waals surface area contributed by atoms with Crippen molar-refractivity contribution in [1.29, 1.82) is 0 Å². The molecule has 23 heavy (non-hydrogen) atoms. The van der Waals surface area contributed by atoms with Crippen molar-refractivity contribution in [1.82, 2.24) is 15.1 Å². The number of carbonyl (C=O) groups is 2. The fourth-order valence-corrected chi connectivity index (χ4v) is 2.41. The van der Waals surface area contributed by atoms with E-state index in [1.54, 1.807) is 0 Å². The van der Waals surface area contributed by atoms with E-state index in [9.17, 15) is 9.59 Å². The zero-order valence-electron chi connectivity index (χ0n) is 15.4. The van der Waals surface area contributed by atoms with E-state index < -0.39 is 6.04 Å². The minimum atomic E-state index is -0.558. The van der Waals surface area contributed by atoms with Gasteiger partial charge < -0.3 is 16.0 Å². The molecule has 1 atom stereocenters. The van der Waals surface area contributed by atoms with E-state index in [4.69, 9.17) is 5.73 Å². The maximum absolute atomic E-state index is 12.2. The highest BCUT2D eigenvalue weighted by molar-refractivity contribution is 5.87. The summed E-state index contributed by atoms with van der Waals surface area (Å²) in [6, 6.07) is -0.558. The first-order valence-corrected chi connectivity index (χ1v) is 8.63. The van der Waals surface area contributed by atoms with Crippen molar-refractivity contribution in [2.75, 3.05) is 39.3 Å². The molecule has 134 valence electrons. The molecule has 1 rings (SSSR count). The van der Waals surface area contributed by atoms with E-state index in [0.717, 1.165) is 39.1 Å². The predicted octanol–water partition coefficient (Wildman–Crippen LogP) is 0.666. The molecule has 0 saturated carbocycles. The van der Waals surface area contributed by atoms with Gasteiger partial charge in [-0.3, -0.25) is 14.5 Å². The van der Waals surface area contributed by atoms with E-state index in [-0.39, 0.29) is 24.3 Å². The summed E-state index contributed by atoms with van der Waals surface area (Å²) in [5.74, 6) is -0.210. The zero-order chi connectivity index (χ0) is 17.6. The Hall–Kier alpha value is -1.14. The van der Waals surface area contributed by atoms with Gasteiger partial charge in [-0.1, -0.05) is 34.6 Å². The number of nitrogens with zero attached hydrogens (tertiary/aromatic N) is 2. The first kappa shape index (κ1) is 19.9. The summed E-state index contributed by atoms with van der Waals surface area (Å²) in [6.07, 6.45) is 1.16. The summed E-state index contributed by atoms with van der Waals surface area (Å²) >= 11 is 0. The molecule has 1 fully saturated rings. The largest absolute Gasteiger partial charge is 0.346 e. The number of piperazine rings is 1. The summed E-state index contributed by atoms with van der Waals surface area (Å²) in [5, 5.41) is 2.65. The molecular formula is C17H34N4O2. The van der Waals surface area contributed by atoms with Gasteiger partial charge in [-0.15, -0.1) is 0 Å². The monoisotopic (exact) mass is 326 g/mol. The molecule has 0 unspecified atom stereocenters. The van der Waals surface area contributed by atoms with Gasteiger partial charge in [0.15, 0.2) is 0 Å². The van der Waals surface area contributed by atoms with E-state index in [0.29, 0.717) is 5.41 Å². The minimum absolute atomic E-state index is 0.0234. The maximum atomic E-state index is 12.2. The Balaban J connectivity index is 2.28. The molecule has 0 aromatic heterocycles. The van der Waals surface area contributed by atoms with Crippen LogP contribution < -0.4 is 11.1 Å². The normalized spacial score (nSPS) is 18.1. The van der Waals surface area contributed by atoms with Crippen LogP contribution in [0.3, 0.4) is 0 Å². The van der Waals surface area contributed by atoms with Gasteiger partial charge >= 0.3 is 0 Å². The summed E-state index contributed by atoms with van der Waals surface area (Å²) in [7, 11) is 0. The molecule has 0 bridgehead atoms. The van der Waals surface area contributed by atoms with Crippen LogP contribution in [0.5, 0.6) is 0 Å². The van der Waals surface area contributed by atoms with Crippen molar-refractivity contribution in [2.24, 2.45) is 17.1 Å². The van der Waals surface area contributed by atoms with Gasteiger partial charge in [0.2, 0.25) is 11.8 Å². The van der Waals surface area contributed by atoms with Crippen LogP contribution in [0.1, 0.15) is 41.0 Å². The van der Waals surface area contributed by atoms with Crippen molar-refractivity contribution >= 4 is 11.8 Å². The van der Waals surface area contributed by atoms with Crippen LogP contribution in [0.15, 0.2) is 0 Å². The van der Waals surface area contributed by atoms with Crippen molar-refractivity contribution < 1.29 is 9.59 Å². The molecule has 0 spiro atoms. The van der Waals surface area contributed by atoms with Gasteiger partial charge in [-0.25, -0.2) is 0 Å². The third-order valence-corrected chi connectivity index (χ3v) is 4.34. The standard InChI is InChI=1S/C17H34N4O2/c1-13(2)15(18)16(23)19-12-14(22)21-10-8-20(9-11-21)7-6-17(3,4)5/h13,15H,6-12,18H2,1-5H3,(H,19,23)/t15-/m0/s1. The number of nitrogens with one attached hydrogen (secondary N) is 1. The van der Waals surface area contributed by atoms with E-state index in [2.05, 4.69) is 31.0 Å². The average Bonchev–Trinajstić information content (AvgIpc) is 2.49. The van der Waals surface area contributed by atoms with Gasteiger partial charge in [0.25, 0.3) is 0 Å². The zero-order valence-corrected chi connectivity index (χ0v) is 15.4. The Morgan fingerprint density at radius 3 is 2.17 bits per heavy atom. The molecule has 6 heteroatoms. The molecule has 1 aliphatic rings. The molecule has 3 N–H and O–H groups in total. The molecule has 1 heterocycles. The van der Waals surface area contributed by atoms with Crippen molar-refractivity contribution in [3.05, 3.63) is 0 Å². The number of hydrogen-bond donors (Lipinski definition) is 2. The molecule has 0 aromatic carbocycles. The SMILES string of the molecule is CC(C)[C@H](N)C(=O)NCC(=O)N1CCN(CCC(C)(C)C)CC1. The topological polar surface area (TPSA) is 78.7 Å². The lowest BCUT2D eigenvalue weighted by atomic mass is 9.92. The van der Waals surface area contributed by atoms with E-state index >= 15 is 0 Å². The van der Waals surface area contributed by atoms with Crippen LogP contribution in [0.2, 0.25) is 0 Å². The second kappa shape index (κ2) is 8.64. The Kier molecular flexibility index (Phi) is 7.48. The molecule has 0 aromatic rings. The van der Waals surface area contributed by atoms with Crippen LogP contribution in [-0.2, 0) is 9.59 Å². The Bertz CT molecular complexity index is 396. The van der Waals surface area contributed by atoms with Crippen LogP contribution in [0.25, 0.3) is 0 Å². The van der Waals surface area contributed by atoms with E-state index in [1.165, 1.54) is 0 Å². The molecule has 1 aliphatic heterocycles. The first-order chi connectivity index (χ1) is 10.6. The van der Waals surface area contributed by atoms with Crippen molar-refractivity contribution in [3.8, 4) is 0 Å². The maximum Gasteiger partial charge on any atom is 0.242 e. The van der Waals surface area contributed by atoms with Crippen LogP contribution >= 0.6 is 0 Å². The van der Waals surface area contributed by atoms with Crippen LogP contribution in [-0.4, -0.2) is 66.9 Å². The lowest BCUT2D eigenvalue weighted by Crippen LogP contribution is -2.53. The number of amides is 2. The lowest BCUT2D eigenvalue weighted by Gasteiger charge is -2.36. The lowest BCUT2D eigenvalue weighted by molar-refractivity contribution is -0.134. The second-order valence-electron chi connectivity index (χ2n) is 8.02. The molecule has 0 radical (unpaired) electrons. The summed E-state index contributed by atoms with van der Waals surface area (Å²) in [6.45, 7) is 14.9. The van der Waals surface area contributed by atoms with Crippen molar-refractivity contribution in [3.63, 3.8) is 0 Å². The van der Waals surface area contributed by atoms with Gasteiger partial charge in [0, 0.05) is 26.2 Å². The Morgan fingerprint density at radius 2 is 1.70 bits per heavy atom. The predicted molar refractivity (Wildman–Crippen MR) is 92.9 cm³/mol. The molecular weight excluding hydrogens is 292 g/mol. The second-order valence-corrected chi connectivity index (χ2v) is 8.02. The number of carbonyl (C=O) groups excluding carboxylic acids is 2. The summed E-state index contributed by atoms with van der Waals surface area (Å²) in [4.78, 5) is 28.2. The van der Waals surface area contributed by atoms with Gasteiger partial charge in [-0.05, 0) is 24.3 Å². The Labute approximate surface area is 140 Å². The quantitative estimate of drug-likeness (QED) is 0.752. The number of hydrogen-bond acceptors (Lipinski definition) is 4. The fraction of sp³-hybridized carbons (Fsp3) is 0.882. The van der Waals surface area contributed by atoms with Crippen LogP contribution in [0.4, 0.5) is 0 Å². The molecule has 1 saturated heterocycles. The van der Waals surface area contributed by atoms with Gasteiger partial charge in [0.05, 0.1) is 12.6 Å².